The smallest absolute Gasteiger partial charge is 0.225 e. The van der Waals surface area contributed by atoms with Gasteiger partial charge in [-0.05, 0) is 39.3 Å². The molecule has 1 amide bonds. The normalized spacial score (nSPS) is 21.7. The SMILES string of the molecule is C[C@H](CC(=O)N1CCCC[C@H]1c1ncc2c(n1)CCN(C)C2)n1cccn1. The summed E-state index contributed by atoms with van der Waals surface area (Å²) in [6.07, 6.45) is 10.2. The van der Waals surface area contributed by atoms with Gasteiger partial charge in [0.25, 0.3) is 0 Å². The molecule has 0 N–H and O–H groups in total. The molecule has 7 nitrogen and oxygen atoms in total. The summed E-state index contributed by atoms with van der Waals surface area (Å²) in [7, 11) is 2.12. The van der Waals surface area contributed by atoms with Gasteiger partial charge >= 0.3 is 0 Å². The Morgan fingerprint density at radius 2 is 2.22 bits per heavy atom. The van der Waals surface area contributed by atoms with Crippen LogP contribution in [0.5, 0.6) is 0 Å². The Kier molecular flexibility index (Phi) is 5.20. The summed E-state index contributed by atoms with van der Waals surface area (Å²) in [5, 5.41) is 4.26. The lowest BCUT2D eigenvalue weighted by Crippen LogP contribution is -2.40. The molecule has 0 bridgehead atoms. The summed E-state index contributed by atoms with van der Waals surface area (Å²) in [5.74, 6) is 0.988. The highest BCUT2D eigenvalue weighted by molar-refractivity contribution is 5.77. The Morgan fingerprint density at radius 3 is 3.04 bits per heavy atom. The minimum absolute atomic E-state index is 0.000951. The molecule has 1 fully saturated rings. The van der Waals surface area contributed by atoms with Crippen molar-refractivity contribution in [1.82, 2.24) is 29.5 Å². The van der Waals surface area contributed by atoms with Crippen molar-refractivity contribution in [2.75, 3.05) is 20.1 Å². The van der Waals surface area contributed by atoms with Crippen LogP contribution in [0.25, 0.3) is 0 Å². The molecule has 2 aliphatic rings. The van der Waals surface area contributed by atoms with E-state index in [-0.39, 0.29) is 18.0 Å². The number of aromatic nitrogens is 4. The number of hydrogen-bond acceptors (Lipinski definition) is 5. The van der Waals surface area contributed by atoms with E-state index in [1.807, 2.05) is 35.0 Å². The topological polar surface area (TPSA) is 67.2 Å². The zero-order valence-electron chi connectivity index (χ0n) is 16.2. The summed E-state index contributed by atoms with van der Waals surface area (Å²) < 4.78 is 1.85. The van der Waals surface area contributed by atoms with Crippen molar-refractivity contribution >= 4 is 5.91 Å². The van der Waals surface area contributed by atoms with Crippen LogP contribution in [0.15, 0.2) is 24.7 Å². The van der Waals surface area contributed by atoms with E-state index in [4.69, 9.17) is 4.98 Å². The monoisotopic (exact) mass is 368 g/mol. The number of carbonyl (C=O) groups is 1. The fraction of sp³-hybridized carbons (Fsp3) is 0.600. The molecule has 0 aliphatic carbocycles. The van der Waals surface area contributed by atoms with Gasteiger partial charge in [-0.3, -0.25) is 9.48 Å². The van der Waals surface area contributed by atoms with E-state index < -0.39 is 0 Å². The molecule has 0 spiro atoms. The number of likely N-dealkylation sites (tertiary alicyclic amines) is 1. The Labute approximate surface area is 160 Å². The molecule has 0 aromatic carbocycles. The number of fused-ring (bicyclic) bond motifs is 1. The second kappa shape index (κ2) is 7.76. The molecule has 4 rings (SSSR count). The second-order valence-corrected chi connectivity index (χ2v) is 7.83. The lowest BCUT2D eigenvalue weighted by molar-refractivity contribution is -0.136. The van der Waals surface area contributed by atoms with Crippen molar-refractivity contribution in [3.63, 3.8) is 0 Å². The summed E-state index contributed by atoms with van der Waals surface area (Å²) in [6, 6.07) is 1.94. The van der Waals surface area contributed by atoms with Gasteiger partial charge < -0.3 is 9.80 Å². The highest BCUT2D eigenvalue weighted by Gasteiger charge is 2.31. The Morgan fingerprint density at radius 1 is 1.33 bits per heavy atom. The first kappa shape index (κ1) is 18.1. The summed E-state index contributed by atoms with van der Waals surface area (Å²) in [6.45, 7) is 4.76. The summed E-state index contributed by atoms with van der Waals surface area (Å²) in [5.41, 5.74) is 2.37. The summed E-state index contributed by atoms with van der Waals surface area (Å²) >= 11 is 0. The molecule has 144 valence electrons. The van der Waals surface area contributed by atoms with Gasteiger partial charge in [0.2, 0.25) is 5.91 Å². The molecule has 1 saturated heterocycles. The van der Waals surface area contributed by atoms with Gasteiger partial charge in [0.1, 0.15) is 0 Å². The van der Waals surface area contributed by atoms with Crippen LogP contribution >= 0.6 is 0 Å². The highest BCUT2D eigenvalue weighted by atomic mass is 16.2. The molecular weight excluding hydrogens is 340 g/mol. The van der Waals surface area contributed by atoms with Crippen LogP contribution < -0.4 is 0 Å². The molecule has 2 atom stereocenters. The molecule has 2 aromatic rings. The minimum Gasteiger partial charge on any atom is -0.332 e. The van der Waals surface area contributed by atoms with E-state index >= 15 is 0 Å². The zero-order chi connectivity index (χ0) is 18.8. The van der Waals surface area contributed by atoms with Crippen LogP contribution in [0.2, 0.25) is 0 Å². The quantitative estimate of drug-likeness (QED) is 0.829. The standard InChI is InChI=1S/C20H28N6O/c1-15(26-10-5-8-22-26)12-19(27)25-9-4-3-6-18(25)20-21-13-16-14-24(2)11-7-17(16)23-20/h5,8,10,13,15,18H,3-4,6-7,9,11-12,14H2,1-2H3/t15-,18+/m1/s1. The molecule has 0 saturated carbocycles. The van der Waals surface area contributed by atoms with Crippen molar-refractivity contribution in [1.29, 1.82) is 0 Å². The predicted octanol–water partition coefficient (Wildman–Crippen LogP) is 2.37. The van der Waals surface area contributed by atoms with Crippen LogP contribution in [0, 0.1) is 0 Å². The fourth-order valence-corrected chi connectivity index (χ4v) is 4.14. The third-order valence-corrected chi connectivity index (χ3v) is 5.71. The van der Waals surface area contributed by atoms with E-state index in [1.165, 1.54) is 5.56 Å². The van der Waals surface area contributed by atoms with Gasteiger partial charge in [0, 0.05) is 62.3 Å². The highest BCUT2D eigenvalue weighted by Crippen LogP contribution is 2.31. The summed E-state index contributed by atoms with van der Waals surface area (Å²) in [4.78, 5) is 26.9. The lowest BCUT2D eigenvalue weighted by Gasteiger charge is -2.36. The van der Waals surface area contributed by atoms with Crippen molar-refractivity contribution in [2.45, 2.75) is 57.7 Å². The molecule has 2 aliphatic heterocycles. The second-order valence-electron chi connectivity index (χ2n) is 7.83. The van der Waals surface area contributed by atoms with Crippen LogP contribution in [0.1, 0.15) is 61.8 Å². The number of carbonyl (C=O) groups excluding carboxylic acids is 1. The zero-order valence-corrected chi connectivity index (χ0v) is 16.2. The predicted molar refractivity (Wildman–Crippen MR) is 102 cm³/mol. The molecule has 2 aromatic heterocycles. The van der Waals surface area contributed by atoms with Crippen molar-refractivity contribution in [3.05, 3.63) is 41.7 Å². The molecule has 0 unspecified atom stereocenters. The number of amides is 1. The Bertz CT molecular complexity index is 790. The van der Waals surface area contributed by atoms with Gasteiger partial charge in [-0.2, -0.15) is 5.10 Å². The van der Waals surface area contributed by atoms with E-state index in [0.717, 1.165) is 56.8 Å². The average Bonchev–Trinajstić information content (AvgIpc) is 3.22. The first-order valence-electron chi connectivity index (χ1n) is 9.93. The van der Waals surface area contributed by atoms with Gasteiger partial charge in [0.15, 0.2) is 5.82 Å². The maximum atomic E-state index is 13.0. The molecule has 0 radical (unpaired) electrons. The maximum absolute atomic E-state index is 13.0. The van der Waals surface area contributed by atoms with Gasteiger partial charge in [-0.1, -0.05) is 0 Å². The number of hydrogen-bond donors (Lipinski definition) is 0. The largest absolute Gasteiger partial charge is 0.332 e. The molecule has 27 heavy (non-hydrogen) atoms. The van der Waals surface area contributed by atoms with Gasteiger partial charge in [-0.25, -0.2) is 9.97 Å². The number of nitrogens with zero attached hydrogens (tertiary/aromatic N) is 6. The third kappa shape index (κ3) is 3.88. The van der Waals surface area contributed by atoms with Crippen LogP contribution in [-0.2, 0) is 17.8 Å². The Hall–Kier alpha value is -2.28. The minimum atomic E-state index is 0.000951. The first-order valence-corrected chi connectivity index (χ1v) is 9.93. The van der Waals surface area contributed by atoms with Crippen molar-refractivity contribution in [3.8, 4) is 0 Å². The van der Waals surface area contributed by atoms with E-state index in [1.54, 1.807) is 6.20 Å². The number of rotatable bonds is 4. The van der Waals surface area contributed by atoms with Crippen molar-refractivity contribution in [2.24, 2.45) is 0 Å². The van der Waals surface area contributed by atoms with Crippen molar-refractivity contribution < 1.29 is 4.79 Å². The van der Waals surface area contributed by atoms with E-state index in [0.29, 0.717) is 6.42 Å². The average molecular weight is 368 g/mol. The number of likely N-dealkylation sites (N-methyl/N-ethyl adjacent to an activating group) is 1. The van der Waals surface area contributed by atoms with Gasteiger partial charge in [0.05, 0.1) is 12.1 Å². The molecule has 4 heterocycles. The van der Waals surface area contributed by atoms with Crippen LogP contribution in [-0.4, -0.2) is 55.6 Å². The lowest BCUT2D eigenvalue weighted by atomic mass is 9.99. The molecular formula is C20H28N6O. The first-order chi connectivity index (χ1) is 13.1. The van der Waals surface area contributed by atoms with Gasteiger partial charge in [-0.15, -0.1) is 0 Å². The maximum Gasteiger partial charge on any atom is 0.225 e. The van der Waals surface area contributed by atoms with Crippen LogP contribution in [0.4, 0.5) is 0 Å². The fourth-order valence-electron chi connectivity index (χ4n) is 4.14. The molecule has 7 heteroatoms. The van der Waals surface area contributed by atoms with E-state index in [9.17, 15) is 4.79 Å². The van der Waals surface area contributed by atoms with E-state index in [2.05, 4.69) is 22.0 Å². The number of piperidine rings is 1. The van der Waals surface area contributed by atoms with Crippen LogP contribution in [0.3, 0.4) is 0 Å². The Balaban J connectivity index is 1.51. The third-order valence-electron chi connectivity index (χ3n) is 5.71.